The molecule has 1 saturated heterocycles. The molecule has 3 rings (SSSR count). The van der Waals surface area contributed by atoms with Crippen LogP contribution in [0.4, 0.5) is 5.82 Å². The van der Waals surface area contributed by atoms with Crippen molar-refractivity contribution in [3.8, 4) is 0 Å². The van der Waals surface area contributed by atoms with Gasteiger partial charge in [-0.05, 0) is 50.1 Å². The fourth-order valence-corrected chi connectivity index (χ4v) is 4.04. The van der Waals surface area contributed by atoms with E-state index < -0.39 is 0 Å². The van der Waals surface area contributed by atoms with Gasteiger partial charge in [-0.15, -0.1) is 0 Å². The first kappa shape index (κ1) is 12.9. The second-order valence-corrected chi connectivity index (χ2v) is 6.17. The molecule has 19 heavy (non-hydrogen) atoms. The average molecular weight is 260 g/mol. The first-order valence-electron chi connectivity index (χ1n) is 7.55. The van der Waals surface area contributed by atoms with E-state index in [2.05, 4.69) is 21.8 Å². The Balaban J connectivity index is 1.75. The van der Waals surface area contributed by atoms with E-state index in [9.17, 15) is 0 Å². The first-order chi connectivity index (χ1) is 9.24. The molecule has 104 valence electrons. The predicted molar refractivity (Wildman–Crippen MR) is 76.4 cm³/mol. The van der Waals surface area contributed by atoms with E-state index in [1.54, 1.807) is 12.3 Å². The summed E-state index contributed by atoms with van der Waals surface area (Å²) in [4.78, 5) is 11.3. The van der Waals surface area contributed by atoms with E-state index in [4.69, 9.17) is 5.73 Å². The van der Waals surface area contributed by atoms with Crippen molar-refractivity contribution in [2.75, 3.05) is 12.3 Å². The number of rotatable bonds is 2. The zero-order chi connectivity index (χ0) is 13.2. The summed E-state index contributed by atoms with van der Waals surface area (Å²) in [5.41, 5.74) is 5.75. The highest BCUT2D eigenvalue weighted by atomic mass is 15.2. The lowest BCUT2D eigenvalue weighted by molar-refractivity contribution is 0.0179. The summed E-state index contributed by atoms with van der Waals surface area (Å²) < 4.78 is 0. The zero-order valence-corrected chi connectivity index (χ0v) is 11.8. The third-order valence-electron chi connectivity index (χ3n) is 4.81. The molecule has 0 amide bonds. The minimum absolute atomic E-state index is 0.579. The van der Waals surface area contributed by atoms with Gasteiger partial charge in [0.05, 0.1) is 6.54 Å². The van der Waals surface area contributed by atoms with Crippen LogP contribution in [0.5, 0.6) is 0 Å². The fraction of sp³-hybridized carbons (Fsp3) is 0.733. The van der Waals surface area contributed by atoms with Crippen LogP contribution in [-0.4, -0.2) is 27.5 Å². The summed E-state index contributed by atoms with van der Waals surface area (Å²) in [6.45, 7) is 4.45. The molecule has 0 aromatic carbocycles. The summed E-state index contributed by atoms with van der Waals surface area (Å²) in [5.74, 6) is 3.15. The number of aromatic nitrogens is 2. The third kappa shape index (κ3) is 2.73. The van der Waals surface area contributed by atoms with Crippen molar-refractivity contribution in [3.05, 3.63) is 18.1 Å². The highest BCUT2D eigenvalue weighted by Gasteiger charge is 2.37. The SMILES string of the molecule is C[C@@H]1CCC[C@@H]2CCCN(Cc3nccc(N)n3)[C@H]21. The van der Waals surface area contributed by atoms with Gasteiger partial charge in [-0.3, -0.25) is 4.90 Å². The van der Waals surface area contributed by atoms with E-state index in [0.717, 1.165) is 30.2 Å². The van der Waals surface area contributed by atoms with Gasteiger partial charge >= 0.3 is 0 Å². The molecule has 2 heterocycles. The quantitative estimate of drug-likeness (QED) is 0.887. The molecule has 0 spiro atoms. The normalized spacial score (nSPS) is 31.9. The second kappa shape index (κ2) is 5.45. The molecular formula is C15H24N4. The molecular weight excluding hydrogens is 236 g/mol. The number of hydrogen-bond donors (Lipinski definition) is 1. The minimum Gasteiger partial charge on any atom is -0.384 e. The summed E-state index contributed by atoms with van der Waals surface area (Å²) in [6.07, 6.45) is 8.67. The molecule has 4 nitrogen and oxygen atoms in total. The molecule has 4 heteroatoms. The number of nitrogens with two attached hydrogens (primary N) is 1. The number of nitrogen functional groups attached to an aromatic ring is 1. The van der Waals surface area contributed by atoms with Gasteiger partial charge in [0.1, 0.15) is 11.6 Å². The molecule has 1 aromatic rings. The van der Waals surface area contributed by atoms with Crippen LogP contribution in [0.15, 0.2) is 12.3 Å². The Labute approximate surface area is 115 Å². The topological polar surface area (TPSA) is 55.0 Å². The minimum atomic E-state index is 0.579. The average Bonchev–Trinajstić information content (AvgIpc) is 2.39. The van der Waals surface area contributed by atoms with Crippen molar-refractivity contribution in [1.82, 2.24) is 14.9 Å². The van der Waals surface area contributed by atoms with Crippen LogP contribution in [0.3, 0.4) is 0 Å². The Morgan fingerprint density at radius 2 is 2.16 bits per heavy atom. The van der Waals surface area contributed by atoms with E-state index in [1.807, 2.05) is 0 Å². The summed E-state index contributed by atoms with van der Waals surface area (Å²) >= 11 is 0. The van der Waals surface area contributed by atoms with E-state index in [-0.39, 0.29) is 0 Å². The van der Waals surface area contributed by atoms with Gasteiger partial charge in [0.15, 0.2) is 0 Å². The van der Waals surface area contributed by atoms with Crippen molar-refractivity contribution in [2.24, 2.45) is 11.8 Å². The van der Waals surface area contributed by atoms with Gasteiger partial charge in [0, 0.05) is 12.2 Å². The molecule has 2 aliphatic rings. The Morgan fingerprint density at radius 3 is 3.00 bits per heavy atom. The standard InChI is InChI=1S/C15H24N4/c1-11-4-2-5-12-6-3-9-19(15(11)12)10-14-17-8-7-13(16)18-14/h7-8,11-12,15H,2-6,9-10H2,1H3,(H2,16,17,18)/t11-,12-,15+/m1/s1. The lowest BCUT2D eigenvalue weighted by Gasteiger charge is -2.47. The van der Waals surface area contributed by atoms with Gasteiger partial charge in [-0.2, -0.15) is 0 Å². The number of hydrogen-bond acceptors (Lipinski definition) is 4. The number of likely N-dealkylation sites (tertiary alicyclic amines) is 1. The molecule has 2 fully saturated rings. The largest absolute Gasteiger partial charge is 0.384 e. The van der Waals surface area contributed by atoms with Crippen LogP contribution in [0.25, 0.3) is 0 Å². The highest BCUT2D eigenvalue weighted by Crippen LogP contribution is 2.38. The zero-order valence-electron chi connectivity index (χ0n) is 11.8. The second-order valence-electron chi connectivity index (χ2n) is 6.17. The van der Waals surface area contributed by atoms with Gasteiger partial charge in [0.2, 0.25) is 0 Å². The lowest BCUT2D eigenvalue weighted by atomic mass is 9.73. The van der Waals surface area contributed by atoms with Crippen LogP contribution in [0, 0.1) is 11.8 Å². The Bertz CT molecular complexity index is 432. The van der Waals surface area contributed by atoms with Crippen LogP contribution < -0.4 is 5.73 Å². The number of piperidine rings is 1. The maximum atomic E-state index is 5.75. The van der Waals surface area contributed by atoms with Crippen LogP contribution in [0.1, 0.15) is 44.9 Å². The molecule has 0 bridgehead atoms. The molecule has 0 unspecified atom stereocenters. The Morgan fingerprint density at radius 1 is 1.32 bits per heavy atom. The van der Waals surface area contributed by atoms with Crippen molar-refractivity contribution >= 4 is 5.82 Å². The molecule has 2 N–H and O–H groups in total. The van der Waals surface area contributed by atoms with Gasteiger partial charge in [0.25, 0.3) is 0 Å². The third-order valence-corrected chi connectivity index (χ3v) is 4.81. The molecule has 1 aliphatic heterocycles. The fourth-order valence-electron chi connectivity index (χ4n) is 4.04. The summed E-state index contributed by atoms with van der Waals surface area (Å²) in [7, 11) is 0. The number of fused-ring (bicyclic) bond motifs is 1. The van der Waals surface area contributed by atoms with Gasteiger partial charge < -0.3 is 5.73 Å². The van der Waals surface area contributed by atoms with Crippen LogP contribution in [-0.2, 0) is 6.54 Å². The summed E-state index contributed by atoms with van der Waals surface area (Å²) in [6, 6.07) is 2.48. The number of nitrogens with zero attached hydrogens (tertiary/aromatic N) is 3. The smallest absolute Gasteiger partial charge is 0.144 e. The van der Waals surface area contributed by atoms with Gasteiger partial charge in [-0.1, -0.05) is 13.3 Å². The van der Waals surface area contributed by atoms with E-state index in [1.165, 1.54) is 38.6 Å². The Kier molecular flexibility index (Phi) is 3.69. The van der Waals surface area contributed by atoms with E-state index in [0.29, 0.717) is 5.82 Å². The first-order valence-corrected chi connectivity index (χ1v) is 7.55. The van der Waals surface area contributed by atoms with Crippen molar-refractivity contribution < 1.29 is 0 Å². The molecule has 3 atom stereocenters. The van der Waals surface area contributed by atoms with Gasteiger partial charge in [-0.25, -0.2) is 9.97 Å². The molecule has 1 aliphatic carbocycles. The highest BCUT2D eigenvalue weighted by molar-refractivity contribution is 5.25. The van der Waals surface area contributed by atoms with Crippen LogP contribution in [0.2, 0.25) is 0 Å². The Hall–Kier alpha value is -1.16. The van der Waals surface area contributed by atoms with Crippen LogP contribution >= 0.6 is 0 Å². The molecule has 0 radical (unpaired) electrons. The summed E-state index contributed by atoms with van der Waals surface area (Å²) in [5, 5.41) is 0. The monoisotopic (exact) mass is 260 g/mol. The number of anilines is 1. The lowest BCUT2D eigenvalue weighted by Crippen LogP contribution is -2.50. The van der Waals surface area contributed by atoms with Crippen molar-refractivity contribution in [2.45, 2.75) is 51.6 Å². The molecule has 1 aromatic heterocycles. The molecule has 1 saturated carbocycles. The maximum absolute atomic E-state index is 5.75. The van der Waals surface area contributed by atoms with Crippen molar-refractivity contribution in [1.29, 1.82) is 0 Å². The maximum Gasteiger partial charge on any atom is 0.144 e. The van der Waals surface area contributed by atoms with E-state index >= 15 is 0 Å². The predicted octanol–water partition coefficient (Wildman–Crippen LogP) is 2.46. The van der Waals surface area contributed by atoms with Crippen molar-refractivity contribution in [3.63, 3.8) is 0 Å².